The molecule has 31 heavy (non-hydrogen) atoms. The molecule has 0 bridgehead atoms. The molecule has 7 heteroatoms. The number of aliphatic hydroxyl groups excluding tert-OH is 1. The van der Waals surface area contributed by atoms with E-state index in [1.807, 2.05) is 6.07 Å². The Balaban J connectivity index is 1.72. The summed E-state index contributed by atoms with van der Waals surface area (Å²) in [6.45, 7) is 7.32. The number of benzene rings is 2. The zero-order valence-electron chi connectivity index (χ0n) is 18.2. The fourth-order valence-electron chi connectivity index (χ4n) is 3.97. The van der Waals surface area contributed by atoms with Crippen LogP contribution in [0.25, 0.3) is 0 Å². The van der Waals surface area contributed by atoms with Gasteiger partial charge in [0.2, 0.25) is 5.91 Å². The summed E-state index contributed by atoms with van der Waals surface area (Å²) in [5, 5.41) is 20.3. The number of carbonyl (C=O) groups excluding carboxylic acids is 1. The largest absolute Gasteiger partial charge is 0.390 e. The molecule has 0 aliphatic carbocycles. The van der Waals surface area contributed by atoms with Gasteiger partial charge in [0.05, 0.1) is 17.7 Å². The van der Waals surface area contributed by atoms with Crippen molar-refractivity contribution in [1.82, 2.24) is 16.0 Å². The number of amides is 1. The maximum absolute atomic E-state index is 13.6. The molecule has 4 N–H and O–H groups in total. The quantitative estimate of drug-likeness (QED) is 0.493. The van der Waals surface area contributed by atoms with E-state index in [-0.39, 0.29) is 24.4 Å². The number of rotatable bonds is 9. The molecule has 2 aromatic rings. The highest BCUT2D eigenvalue weighted by Gasteiger charge is 2.39. The summed E-state index contributed by atoms with van der Waals surface area (Å²) in [5.74, 6) is -1.28. The fraction of sp³-hybridized carbons (Fsp3) is 0.458. The molecule has 0 unspecified atom stereocenters. The van der Waals surface area contributed by atoms with Gasteiger partial charge >= 0.3 is 0 Å². The lowest BCUT2D eigenvalue weighted by atomic mass is 9.82. The van der Waals surface area contributed by atoms with Crippen LogP contribution in [-0.2, 0) is 16.8 Å². The predicted octanol–water partition coefficient (Wildman–Crippen LogP) is 2.58. The van der Waals surface area contributed by atoms with Crippen molar-refractivity contribution in [2.45, 2.75) is 50.8 Å². The second-order valence-corrected chi connectivity index (χ2v) is 8.70. The van der Waals surface area contributed by atoms with Crippen LogP contribution >= 0.6 is 0 Å². The molecule has 1 heterocycles. The van der Waals surface area contributed by atoms with E-state index in [1.165, 1.54) is 24.6 Å². The van der Waals surface area contributed by atoms with Gasteiger partial charge in [0, 0.05) is 32.6 Å². The van der Waals surface area contributed by atoms with E-state index in [2.05, 4.69) is 48.0 Å². The predicted molar refractivity (Wildman–Crippen MR) is 117 cm³/mol. The molecule has 5 nitrogen and oxygen atoms in total. The molecule has 0 spiro atoms. The van der Waals surface area contributed by atoms with Gasteiger partial charge < -0.3 is 21.1 Å². The second kappa shape index (κ2) is 9.85. The van der Waals surface area contributed by atoms with Crippen molar-refractivity contribution < 1.29 is 18.7 Å². The Hall–Kier alpha value is -2.35. The van der Waals surface area contributed by atoms with Crippen LogP contribution in [0.15, 0.2) is 42.5 Å². The maximum Gasteiger partial charge on any atom is 0.217 e. The highest BCUT2D eigenvalue weighted by atomic mass is 19.1. The van der Waals surface area contributed by atoms with Crippen molar-refractivity contribution in [3.05, 3.63) is 70.8 Å². The zero-order valence-corrected chi connectivity index (χ0v) is 18.2. The van der Waals surface area contributed by atoms with Gasteiger partial charge in [0.25, 0.3) is 0 Å². The monoisotopic (exact) mass is 431 g/mol. The first-order valence-electron chi connectivity index (χ1n) is 10.6. The maximum atomic E-state index is 13.6. The van der Waals surface area contributed by atoms with E-state index in [0.717, 1.165) is 24.7 Å². The van der Waals surface area contributed by atoms with Crippen molar-refractivity contribution in [3.63, 3.8) is 0 Å². The smallest absolute Gasteiger partial charge is 0.217 e. The van der Waals surface area contributed by atoms with Crippen LogP contribution in [0, 0.1) is 11.6 Å². The van der Waals surface area contributed by atoms with Crippen molar-refractivity contribution in [2.75, 3.05) is 19.6 Å². The van der Waals surface area contributed by atoms with Crippen LogP contribution in [0.3, 0.4) is 0 Å². The molecular formula is C24H31F2N3O2. The molecule has 2 aromatic carbocycles. The van der Waals surface area contributed by atoms with Crippen molar-refractivity contribution in [3.8, 4) is 0 Å². The molecule has 0 radical (unpaired) electrons. The molecule has 1 saturated heterocycles. The van der Waals surface area contributed by atoms with E-state index in [4.69, 9.17) is 0 Å². The number of hydrogen-bond acceptors (Lipinski definition) is 4. The Kier molecular flexibility index (Phi) is 7.41. The van der Waals surface area contributed by atoms with Gasteiger partial charge in [-0.2, -0.15) is 0 Å². The summed E-state index contributed by atoms with van der Waals surface area (Å²) in [7, 11) is 0. The molecule has 0 aromatic heterocycles. The number of carbonyl (C=O) groups is 1. The Morgan fingerprint density at radius 2 is 1.84 bits per heavy atom. The van der Waals surface area contributed by atoms with E-state index in [0.29, 0.717) is 11.5 Å². The SMILES string of the molecule is CC(=O)N[C@@H](Cc1cc(F)cc(F)c1)[C@@H](O)CNC1(c2cccc(C(C)C)c2)CNC1. The minimum Gasteiger partial charge on any atom is -0.390 e. The minimum atomic E-state index is -0.944. The summed E-state index contributed by atoms with van der Waals surface area (Å²) >= 11 is 0. The van der Waals surface area contributed by atoms with Gasteiger partial charge in [-0.3, -0.25) is 4.79 Å². The lowest BCUT2D eigenvalue weighted by Crippen LogP contribution is -2.66. The number of aliphatic hydroxyl groups is 1. The molecule has 1 fully saturated rings. The van der Waals surface area contributed by atoms with Crippen LogP contribution in [0.4, 0.5) is 8.78 Å². The lowest BCUT2D eigenvalue weighted by Gasteiger charge is -2.45. The summed E-state index contributed by atoms with van der Waals surface area (Å²) in [4.78, 5) is 11.7. The van der Waals surface area contributed by atoms with Crippen molar-refractivity contribution in [1.29, 1.82) is 0 Å². The Bertz CT molecular complexity index is 895. The molecular weight excluding hydrogens is 400 g/mol. The first kappa shape index (κ1) is 23.3. The van der Waals surface area contributed by atoms with Crippen molar-refractivity contribution in [2.24, 2.45) is 0 Å². The first-order valence-corrected chi connectivity index (χ1v) is 10.6. The average Bonchev–Trinajstić information content (AvgIpc) is 2.65. The van der Waals surface area contributed by atoms with E-state index < -0.39 is 23.8 Å². The first-order chi connectivity index (χ1) is 14.7. The van der Waals surface area contributed by atoms with Crippen LogP contribution < -0.4 is 16.0 Å². The standard InChI is InChI=1S/C24H31F2N3O2/c1-15(2)18-5-4-6-19(10-18)24(13-27-14-24)28-12-23(31)22(29-16(3)30)9-17-7-20(25)11-21(26)8-17/h4-8,10-11,15,22-23,27-28,31H,9,12-14H2,1-3H3,(H,29,30)/t22-,23-/m0/s1. The molecule has 1 aliphatic rings. The Morgan fingerprint density at radius 1 is 1.16 bits per heavy atom. The summed E-state index contributed by atoms with van der Waals surface area (Å²) in [6.07, 6.45) is -0.827. The fourth-order valence-corrected chi connectivity index (χ4v) is 3.97. The van der Waals surface area contributed by atoms with Gasteiger partial charge in [0.15, 0.2) is 0 Å². The second-order valence-electron chi connectivity index (χ2n) is 8.70. The van der Waals surface area contributed by atoms with E-state index >= 15 is 0 Å². The highest BCUT2D eigenvalue weighted by Crippen LogP contribution is 2.28. The third-order valence-electron chi connectivity index (χ3n) is 5.84. The van der Waals surface area contributed by atoms with Crippen LogP contribution in [0.2, 0.25) is 0 Å². The molecule has 3 rings (SSSR count). The lowest BCUT2D eigenvalue weighted by molar-refractivity contribution is -0.120. The third kappa shape index (κ3) is 5.87. The highest BCUT2D eigenvalue weighted by molar-refractivity contribution is 5.73. The summed E-state index contributed by atoms with van der Waals surface area (Å²) in [5.41, 5.74) is 2.46. The molecule has 1 aliphatic heterocycles. The van der Waals surface area contributed by atoms with Crippen molar-refractivity contribution >= 4 is 5.91 Å². The normalized spacial score (nSPS) is 17.1. The summed E-state index contributed by atoms with van der Waals surface area (Å²) in [6, 6.07) is 11.0. The topological polar surface area (TPSA) is 73.4 Å². The van der Waals surface area contributed by atoms with Gasteiger partial charge in [-0.15, -0.1) is 0 Å². The summed E-state index contributed by atoms with van der Waals surface area (Å²) < 4.78 is 27.1. The van der Waals surface area contributed by atoms with Gasteiger partial charge in [-0.1, -0.05) is 38.1 Å². The third-order valence-corrected chi connectivity index (χ3v) is 5.84. The van der Waals surface area contributed by atoms with Crippen LogP contribution in [0.1, 0.15) is 43.4 Å². The number of hydrogen-bond donors (Lipinski definition) is 4. The molecule has 168 valence electrons. The molecule has 2 atom stereocenters. The Morgan fingerprint density at radius 3 is 2.39 bits per heavy atom. The molecule has 0 saturated carbocycles. The number of halogens is 2. The minimum absolute atomic E-state index is 0.116. The van der Waals surface area contributed by atoms with Crippen LogP contribution in [0.5, 0.6) is 0 Å². The zero-order chi connectivity index (χ0) is 22.6. The van der Waals surface area contributed by atoms with E-state index in [9.17, 15) is 18.7 Å². The van der Waals surface area contributed by atoms with Gasteiger partial charge in [-0.05, 0) is 41.2 Å². The Labute approximate surface area is 182 Å². The molecule has 1 amide bonds. The van der Waals surface area contributed by atoms with E-state index in [1.54, 1.807) is 0 Å². The number of nitrogens with one attached hydrogen (secondary N) is 3. The average molecular weight is 432 g/mol. The van der Waals surface area contributed by atoms with Gasteiger partial charge in [-0.25, -0.2) is 8.78 Å². The van der Waals surface area contributed by atoms with Crippen LogP contribution in [-0.4, -0.2) is 42.8 Å². The van der Waals surface area contributed by atoms with Gasteiger partial charge in [0.1, 0.15) is 11.6 Å².